The van der Waals surface area contributed by atoms with Gasteiger partial charge in [0.2, 0.25) is 0 Å². The number of hydrogen-bond acceptors (Lipinski definition) is 6. The first-order chi connectivity index (χ1) is 15.2. The fourth-order valence-corrected chi connectivity index (χ4v) is 6.31. The van der Waals surface area contributed by atoms with Crippen molar-refractivity contribution in [3.63, 3.8) is 0 Å². The van der Waals surface area contributed by atoms with Gasteiger partial charge < -0.3 is 20.8 Å². The molecule has 0 aliphatic rings. The van der Waals surface area contributed by atoms with Crippen molar-refractivity contribution in [3.05, 3.63) is 59.7 Å². The lowest BCUT2D eigenvalue weighted by Crippen LogP contribution is -2.29. The average Bonchev–Trinajstić information content (AvgIpc) is 2.76. The van der Waals surface area contributed by atoms with Crippen molar-refractivity contribution < 1.29 is 34.2 Å². The summed E-state index contributed by atoms with van der Waals surface area (Å²) >= 11 is 1.17. The summed E-state index contributed by atoms with van der Waals surface area (Å²) in [5, 5.41) is 23.7. The van der Waals surface area contributed by atoms with E-state index in [2.05, 4.69) is 10.6 Å². The minimum atomic E-state index is -1.14. The van der Waals surface area contributed by atoms with Crippen molar-refractivity contribution in [2.24, 2.45) is 0 Å². The van der Waals surface area contributed by atoms with E-state index in [1.165, 1.54) is 18.7 Å². The Labute approximate surface area is 189 Å². The summed E-state index contributed by atoms with van der Waals surface area (Å²) in [7, 11) is -0.993. The average molecular weight is 476 g/mol. The molecule has 0 saturated carbocycles. The van der Waals surface area contributed by atoms with Crippen molar-refractivity contribution in [1.82, 2.24) is 10.6 Å². The molecule has 0 unspecified atom stereocenters. The molecule has 2 amide bonds. The Bertz CT molecular complexity index is 936. The first-order valence-corrected chi connectivity index (χ1v) is 11.8. The lowest BCUT2D eigenvalue weighted by Gasteiger charge is -2.18. The predicted molar refractivity (Wildman–Crippen MR) is 122 cm³/mol. The minimum absolute atomic E-state index is 0.0353. The summed E-state index contributed by atoms with van der Waals surface area (Å²) in [6, 6.07) is 13.4. The first-order valence-electron chi connectivity index (χ1n) is 9.28. The quantitative estimate of drug-likeness (QED) is 0.371. The van der Waals surface area contributed by atoms with Crippen molar-refractivity contribution in [2.45, 2.75) is 6.92 Å². The summed E-state index contributed by atoms with van der Waals surface area (Å²) in [5.41, 5.74) is 1.13. The highest BCUT2D eigenvalue weighted by Gasteiger charge is 2.17. The lowest BCUT2D eigenvalue weighted by atomic mass is 10.2. The van der Waals surface area contributed by atoms with Gasteiger partial charge in [0.1, 0.15) is 13.1 Å². The maximum atomic E-state index is 12.0. The van der Waals surface area contributed by atoms with Crippen LogP contribution in [0.2, 0.25) is 0 Å². The number of thioether (sulfide) groups is 1. The molecule has 168 valence electrons. The molecule has 0 aliphatic carbocycles. The van der Waals surface area contributed by atoms with Gasteiger partial charge in [-0.15, -0.1) is 0 Å². The van der Waals surface area contributed by atoms with E-state index in [1.54, 1.807) is 48.5 Å². The maximum absolute atomic E-state index is 12.0. The molecule has 0 fully saturated rings. The SMILES string of the molecule is CC(=O)SCP(c1ccc(C(=O)NCC(=O)O)cc1)c1ccc(C(=O)NCC(=O)O)cc1. The summed E-state index contributed by atoms with van der Waals surface area (Å²) in [5.74, 6) is -3.28. The fourth-order valence-electron chi connectivity index (χ4n) is 2.56. The second-order valence-corrected chi connectivity index (χ2v) is 10.2. The van der Waals surface area contributed by atoms with Gasteiger partial charge in [-0.3, -0.25) is 24.0 Å². The van der Waals surface area contributed by atoms with Gasteiger partial charge in [0.15, 0.2) is 5.12 Å². The third-order valence-electron chi connectivity index (χ3n) is 4.08. The van der Waals surface area contributed by atoms with Crippen LogP contribution in [0.1, 0.15) is 27.6 Å². The van der Waals surface area contributed by atoms with Crippen LogP contribution >= 0.6 is 19.7 Å². The van der Waals surface area contributed by atoms with E-state index in [-0.39, 0.29) is 5.12 Å². The molecule has 2 rings (SSSR count). The van der Waals surface area contributed by atoms with Gasteiger partial charge in [0.25, 0.3) is 11.8 Å². The summed E-state index contributed by atoms with van der Waals surface area (Å²) in [6.07, 6.45) is 0. The second kappa shape index (κ2) is 12.0. The number of amides is 2. The summed E-state index contributed by atoms with van der Waals surface area (Å²) in [6.45, 7) is 0.522. The molecule has 0 radical (unpaired) electrons. The van der Waals surface area contributed by atoms with Crippen LogP contribution in [0.5, 0.6) is 0 Å². The van der Waals surface area contributed by atoms with Crippen LogP contribution in [0.4, 0.5) is 0 Å². The number of aliphatic carboxylic acids is 2. The van der Waals surface area contributed by atoms with E-state index in [9.17, 15) is 24.0 Å². The third kappa shape index (κ3) is 7.79. The van der Waals surface area contributed by atoms with Crippen molar-refractivity contribution >= 4 is 59.2 Å². The standard InChI is InChI=1S/C21H21N2O7PS/c1-13(24)32-12-31(16-6-2-14(3-7-16)20(29)22-10-18(25)26)17-8-4-15(5-9-17)21(30)23-11-19(27)28/h2-9H,10-12H2,1H3,(H,22,29)(H,23,30)(H,25,26)(H,27,28). The molecular formula is C21H21N2O7PS. The summed E-state index contributed by atoms with van der Waals surface area (Å²) in [4.78, 5) is 56.8. The molecule has 0 aromatic heterocycles. The molecule has 0 bridgehead atoms. The van der Waals surface area contributed by atoms with Gasteiger partial charge in [-0.25, -0.2) is 0 Å². The van der Waals surface area contributed by atoms with Crippen LogP contribution in [0.15, 0.2) is 48.5 Å². The molecule has 0 heterocycles. The van der Waals surface area contributed by atoms with Gasteiger partial charge in [-0.05, 0) is 42.8 Å². The highest BCUT2D eigenvalue weighted by atomic mass is 32.2. The largest absolute Gasteiger partial charge is 0.480 e. The molecule has 0 spiro atoms. The van der Waals surface area contributed by atoms with Crippen LogP contribution in [-0.4, -0.2) is 57.7 Å². The van der Waals surface area contributed by atoms with Gasteiger partial charge in [0.05, 0.1) is 0 Å². The van der Waals surface area contributed by atoms with Crippen LogP contribution in [0.3, 0.4) is 0 Å². The Hall–Kier alpha value is -3.23. The number of carbonyl (C=O) groups is 5. The number of benzene rings is 2. The molecule has 0 saturated heterocycles. The zero-order chi connectivity index (χ0) is 23.7. The Balaban J connectivity index is 2.21. The highest BCUT2D eigenvalue weighted by Crippen LogP contribution is 2.37. The smallest absolute Gasteiger partial charge is 0.322 e. The third-order valence-corrected chi connectivity index (χ3v) is 7.88. The van der Waals surface area contributed by atoms with Crippen molar-refractivity contribution in [3.8, 4) is 0 Å². The molecule has 32 heavy (non-hydrogen) atoms. The zero-order valence-electron chi connectivity index (χ0n) is 17.0. The van der Waals surface area contributed by atoms with E-state index in [1.807, 2.05) is 0 Å². The molecule has 11 heteroatoms. The Morgan fingerprint density at radius 3 is 1.44 bits per heavy atom. The Kier molecular flexibility index (Phi) is 9.37. The normalized spacial score (nSPS) is 10.4. The molecular weight excluding hydrogens is 455 g/mol. The van der Waals surface area contributed by atoms with Crippen LogP contribution in [0.25, 0.3) is 0 Å². The van der Waals surface area contributed by atoms with Crippen LogP contribution < -0.4 is 21.2 Å². The first kappa shape index (κ1) is 25.0. The number of nitrogens with one attached hydrogen (secondary N) is 2. The second-order valence-electron chi connectivity index (χ2n) is 6.44. The van der Waals surface area contributed by atoms with E-state index in [0.29, 0.717) is 16.6 Å². The summed E-state index contributed by atoms with van der Waals surface area (Å²) < 4.78 is 0. The van der Waals surface area contributed by atoms with Crippen molar-refractivity contribution in [1.29, 1.82) is 0 Å². The number of carbonyl (C=O) groups excluding carboxylic acids is 3. The van der Waals surface area contributed by atoms with E-state index in [0.717, 1.165) is 10.6 Å². The number of carboxylic acid groups (broad SMARTS) is 2. The lowest BCUT2D eigenvalue weighted by molar-refractivity contribution is -0.136. The Morgan fingerprint density at radius 1 is 0.750 bits per heavy atom. The predicted octanol–water partition coefficient (Wildman–Crippen LogP) is 0.985. The van der Waals surface area contributed by atoms with Gasteiger partial charge >= 0.3 is 11.9 Å². The monoisotopic (exact) mass is 476 g/mol. The molecule has 2 aromatic carbocycles. The van der Waals surface area contributed by atoms with Gasteiger partial charge in [-0.1, -0.05) is 36.0 Å². The van der Waals surface area contributed by atoms with E-state index in [4.69, 9.17) is 10.2 Å². The van der Waals surface area contributed by atoms with Crippen molar-refractivity contribution in [2.75, 3.05) is 18.6 Å². The molecule has 2 aromatic rings. The topological polar surface area (TPSA) is 150 Å². The Morgan fingerprint density at radius 2 is 1.12 bits per heavy atom. The highest BCUT2D eigenvalue weighted by molar-refractivity contribution is 8.18. The fraction of sp³-hybridized carbons (Fsp3) is 0.190. The molecule has 0 aliphatic heterocycles. The number of carboxylic acids is 2. The van der Waals surface area contributed by atoms with Gasteiger partial charge in [-0.2, -0.15) is 0 Å². The molecule has 9 nitrogen and oxygen atoms in total. The minimum Gasteiger partial charge on any atom is -0.480 e. The van der Waals surface area contributed by atoms with Gasteiger partial charge in [0, 0.05) is 23.5 Å². The van der Waals surface area contributed by atoms with Crippen LogP contribution in [0, 0.1) is 0 Å². The molecule has 0 atom stereocenters. The maximum Gasteiger partial charge on any atom is 0.322 e. The number of hydrogen-bond donors (Lipinski definition) is 4. The zero-order valence-corrected chi connectivity index (χ0v) is 18.7. The van der Waals surface area contributed by atoms with E-state index < -0.39 is 44.8 Å². The van der Waals surface area contributed by atoms with Crippen LogP contribution in [-0.2, 0) is 14.4 Å². The van der Waals surface area contributed by atoms with E-state index >= 15 is 0 Å². The number of rotatable bonds is 10. The molecule has 4 N–H and O–H groups in total.